The van der Waals surface area contributed by atoms with Gasteiger partial charge in [0.05, 0.1) is 35.1 Å². The summed E-state index contributed by atoms with van der Waals surface area (Å²) in [6.07, 6.45) is 6.42. The van der Waals surface area contributed by atoms with Crippen LogP contribution in [0.2, 0.25) is 0 Å². The minimum Gasteiger partial charge on any atom is -0.329 e. The summed E-state index contributed by atoms with van der Waals surface area (Å²) in [5, 5.41) is 19.0. The first-order valence-electron chi connectivity index (χ1n) is 11.2. The van der Waals surface area contributed by atoms with E-state index in [1.54, 1.807) is 0 Å². The van der Waals surface area contributed by atoms with Crippen molar-refractivity contribution in [2.24, 2.45) is 5.41 Å². The summed E-state index contributed by atoms with van der Waals surface area (Å²) in [7, 11) is 0. The molecule has 32 heavy (non-hydrogen) atoms. The minimum atomic E-state index is -0.285. The van der Waals surface area contributed by atoms with Crippen molar-refractivity contribution in [2.45, 2.75) is 45.7 Å². The van der Waals surface area contributed by atoms with E-state index in [1.165, 1.54) is 16.8 Å². The zero-order chi connectivity index (χ0) is 22.6. The molecule has 4 rings (SSSR count). The molecule has 0 radical (unpaired) electrons. The van der Waals surface area contributed by atoms with E-state index in [2.05, 4.69) is 64.7 Å². The fourth-order valence-electron chi connectivity index (χ4n) is 4.76. The number of benzene rings is 2. The van der Waals surface area contributed by atoms with Gasteiger partial charge in [-0.2, -0.15) is 10.5 Å². The molecule has 0 aliphatic carbocycles. The van der Waals surface area contributed by atoms with Gasteiger partial charge in [0.15, 0.2) is 0 Å². The molecule has 1 fully saturated rings. The van der Waals surface area contributed by atoms with Gasteiger partial charge in [0.25, 0.3) is 0 Å². The van der Waals surface area contributed by atoms with Crippen molar-refractivity contribution in [1.29, 1.82) is 10.5 Å². The van der Waals surface area contributed by atoms with Gasteiger partial charge in [-0.25, -0.2) is 4.98 Å². The Bertz CT molecular complexity index is 1140. The van der Waals surface area contributed by atoms with Gasteiger partial charge >= 0.3 is 0 Å². The van der Waals surface area contributed by atoms with Crippen LogP contribution in [0.1, 0.15) is 53.8 Å². The summed E-state index contributed by atoms with van der Waals surface area (Å²) in [4.78, 5) is 6.88. The Hall–Kier alpha value is -3.41. The highest BCUT2D eigenvalue weighted by Crippen LogP contribution is 2.37. The largest absolute Gasteiger partial charge is 0.329 e. The zero-order valence-corrected chi connectivity index (χ0v) is 18.8. The van der Waals surface area contributed by atoms with Gasteiger partial charge in [-0.3, -0.25) is 4.90 Å². The van der Waals surface area contributed by atoms with E-state index in [4.69, 9.17) is 5.26 Å². The Morgan fingerprint density at radius 1 is 1.06 bits per heavy atom. The normalized spacial score (nSPS) is 16.8. The molecule has 2 heterocycles. The average molecular weight is 424 g/mol. The van der Waals surface area contributed by atoms with Crippen LogP contribution in [0.3, 0.4) is 0 Å². The van der Waals surface area contributed by atoms with Crippen molar-refractivity contribution in [3.8, 4) is 12.1 Å². The van der Waals surface area contributed by atoms with E-state index in [0.29, 0.717) is 5.56 Å². The van der Waals surface area contributed by atoms with Gasteiger partial charge < -0.3 is 4.57 Å². The number of hydrogen-bond donors (Lipinski definition) is 0. The molecule has 1 atom stereocenters. The Morgan fingerprint density at radius 2 is 1.81 bits per heavy atom. The lowest BCUT2D eigenvalue weighted by atomic mass is 9.74. The highest BCUT2D eigenvalue weighted by atomic mass is 15.2. The molecule has 0 saturated carbocycles. The van der Waals surface area contributed by atoms with Gasteiger partial charge in [0.2, 0.25) is 0 Å². The summed E-state index contributed by atoms with van der Waals surface area (Å²) >= 11 is 0. The van der Waals surface area contributed by atoms with Crippen molar-refractivity contribution in [3.05, 3.63) is 89.0 Å². The summed E-state index contributed by atoms with van der Waals surface area (Å²) in [5.41, 5.74) is 5.22. The van der Waals surface area contributed by atoms with Crippen LogP contribution < -0.4 is 0 Å². The van der Waals surface area contributed by atoms with E-state index in [1.807, 2.05) is 36.8 Å². The first kappa shape index (κ1) is 21.8. The SMILES string of the molecule is Cc1cccc(CC2(C#N)CCN(C(C)c3cncn3Cc3ccc(C#N)cc3)CC2)c1. The van der Waals surface area contributed by atoms with Crippen LogP contribution in [0, 0.1) is 35.0 Å². The molecule has 0 spiro atoms. The summed E-state index contributed by atoms with van der Waals surface area (Å²) in [5.74, 6) is 0. The molecular weight excluding hydrogens is 394 g/mol. The van der Waals surface area contributed by atoms with Crippen LogP contribution in [-0.2, 0) is 13.0 Å². The number of aryl methyl sites for hydroxylation is 1. The average Bonchev–Trinajstić information content (AvgIpc) is 3.27. The number of piperidine rings is 1. The lowest BCUT2D eigenvalue weighted by Crippen LogP contribution is -2.42. The predicted octanol–water partition coefficient (Wildman–Crippen LogP) is 5.02. The van der Waals surface area contributed by atoms with Gasteiger partial charge in [0, 0.05) is 31.9 Å². The third kappa shape index (κ3) is 4.74. The Balaban J connectivity index is 1.42. The van der Waals surface area contributed by atoms with Gasteiger partial charge in [-0.1, -0.05) is 42.0 Å². The van der Waals surface area contributed by atoms with Crippen molar-refractivity contribution in [2.75, 3.05) is 13.1 Å². The molecule has 0 bridgehead atoms. The van der Waals surface area contributed by atoms with Crippen molar-refractivity contribution < 1.29 is 0 Å². The van der Waals surface area contributed by atoms with Gasteiger partial charge in [-0.05, 0) is 56.4 Å². The van der Waals surface area contributed by atoms with E-state index < -0.39 is 0 Å². The van der Waals surface area contributed by atoms with E-state index in [0.717, 1.165) is 44.5 Å². The van der Waals surface area contributed by atoms with E-state index in [9.17, 15) is 5.26 Å². The molecule has 1 unspecified atom stereocenters. The molecule has 162 valence electrons. The molecule has 5 nitrogen and oxygen atoms in total. The van der Waals surface area contributed by atoms with Crippen molar-refractivity contribution in [1.82, 2.24) is 14.5 Å². The third-order valence-electron chi connectivity index (χ3n) is 6.77. The Kier molecular flexibility index (Phi) is 6.40. The second kappa shape index (κ2) is 9.39. The molecule has 2 aromatic carbocycles. The molecule has 0 amide bonds. The second-order valence-electron chi connectivity index (χ2n) is 9.03. The van der Waals surface area contributed by atoms with E-state index in [-0.39, 0.29) is 11.5 Å². The van der Waals surface area contributed by atoms with Crippen LogP contribution in [0.5, 0.6) is 0 Å². The summed E-state index contributed by atoms with van der Waals surface area (Å²) < 4.78 is 2.19. The third-order valence-corrected chi connectivity index (χ3v) is 6.77. The molecule has 1 saturated heterocycles. The smallest absolute Gasteiger partial charge is 0.0991 e. The van der Waals surface area contributed by atoms with Gasteiger partial charge in [-0.15, -0.1) is 0 Å². The molecule has 5 heteroatoms. The lowest BCUT2D eigenvalue weighted by Gasteiger charge is -2.40. The first-order valence-corrected chi connectivity index (χ1v) is 11.2. The van der Waals surface area contributed by atoms with Gasteiger partial charge in [0.1, 0.15) is 0 Å². The summed E-state index contributed by atoms with van der Waals surface area (Å²) in [6.45, 7) is 6.87. The molecule has 1 aromatic heterocycles. The topological polar surface area (TPSA) is 68.6 Å². The standard InChI is InChI=1S/C27H29N5/c1-21-4-3-5-25(14-21)15-27(19-29)10-12-31(13-11-27)22(2)26-17-30-20-32(26)18-24-8-6-23(16-28)7-9-24/h3-9,14,17,20,22H,10-13,15,18H2,1-2H3. The number of hydrogen-bond acceptors (Lipinski definition) is 4. The fraction of sp³-hybridized carbons (Fsp3) is 0.370. The molecule has 1 aliphatic heterocycles. The monoisotopic (exact) mass is 423 g/mol. The number of nitrogens with zero attached hydrogens (tertiary/aromatic N) is 5. The van der Waals surface area contributed by atoms with Crippen molar-refractivity contribution >= 4 is 0 Å². The lowest BCUT2D eigenvalue weighted by molar-refractivity contribution is 0.107. The molecule has 0 N–H and O–H groups in total. The maximum Gasteiger partial charge on any atom is 0.0991 e. The summed E-state index contributed by atoms with van der Waals surface area (Å²) in [6, 6.07) is 21.3. The molecule has 1 aliphatic rings. The first-order chi connectivity index (χ1) is 15.5. The highest BCUT2D eigenvalue weighted by molar-refractivity contribution is 5.32. The fourth-order valence-corrected chi connectivity index (χ4v) is 4.76. The Morgan fingerprint density at radius 3 is 2.47 bits per heavy atom. The van der Waals surface area contributed by atoms with Crippen LogP contribution in [-0.4, -0.2) is 27.5 Å². The number of rotatable bonds is 6. The predicted molar refractivity (Wildman–Crippen MR) is 125 cm³/mol. The quantitative estimate of drug-likeness (QED) is 0.558. The number of likely N-dealkylation sites (tertiary alicyclic amines) is 1. The van der Waals surface area contributed by atoms with Crippen LogP contribution >= 0.6 is 0 Å². The van der Waals surface area contributed by atoms with Crippen molar-refractivity contribution in [3.63, 3.8) is 0 Å². The molecular formula is C27H29N5. The van der Waals surface area contributed by atoms with E-state index >= 15 is 0 Å². The number of aromatic nitrogens is 2. The van der Waals surface area contributed by atoms with Crippen LogP contribution in [0.15, 0.2) is 61.1 Å². The van der Waals surface area contributed by atoms with Crippen LogP contribution in [0.4, 0.5) is 0 Å². The zero-order valence-electron chi connectivity index (χ0n) is 18.8. The number of imidazole rings is 1. The van der Waals surface area contributed by atoms with Crippen LogP contribution in [0.25, 0.3) is 0 Å². The Labute approximate surface area is 190 Å². The maximum absolute atomic E-state index is 10.0. The maximum atomic E-state index is 10.0. The number of nitriles is 2. The minimum absolute atomic E-state index is 0.228. The molecule has 3 aromatic rings. The highest BCUT2D eigenvalue weighted by Gasteiger charge is 2.36. The second-order valence-corrected chi connectivity index (χ2v) is 9.03.